The zero-order valence-corrected chi connectivity index (χ0v) is 11.7. The minimum absolute atomic E-state index is 0.00334. The van der Waals surface area contributed by atoms with Crippen LogP contribution in [0.25, 0.3) is 0 Å². The number of benzene rings is 1. The van der Waals surface area contributed by atoms with Crippen LogP contribution in [0.4, 0.5) is 8.78 Å². The van der Waals surface area contributed by atoms with Crippen molar-refractivity contribution in [2.45, 2.75) is 44.1 Å². The second kappa shape index (κ2) is 5.66. The molecule has 0 amide bonds. The summed E-state index contributed by atoms with van der Waals surface area (Å²) in [6.45, 7) is 0. The normalized spacial score (nSPS) is 21.8. The minimum Gasteiger partial charge on any atom is -0.392 e. The molecule has 100 valence electrons. The Morgan fingerprint density at radius 3 is 2.61 bits per heavy atom. The van der Waals surface area contributed by atoms with Gasteiger partial charge in [0, 0.05) is 17.3 Å². The third-order valence-electron chi connectivity index (χ3n) is 3.64. The van der Waals surface area contributed by atoms with E-state index in [1.165, 1.54) is 0 Å². The van der Waals surface area contributed by atoms with E-state index < -0.39 is 12.0 Å². The fourth-order valence-electron chi connectivity index (χ4n) is 2.52. The van der Waals surface area contributed by atoms with E-state index in [1.54, 1.807) is 0 Å². The van der Waals surface area contributed by atoms with Crippen LogP contribution in [0, 0.1) is 5.92 Å². The maximum absolute atomic E-state index is 13.0. The molecule has 1 aromatic rings. The Kier molecular flexibility index (Phi) is 4.38. The van der Waals surface area contributed by atoms with Crippen molar-refractivity contribution < 1.29 is 13.9 Å². The van der Waals surface area contributed by atoms with Gasteiger partial charge in [-0.1, -0.05) is 28.1 Å². The molecule has 1 atom stereocenters. The first-order chi connectivity index (χ1) is 8.46. The molecular formula is C14H17BrF2O. The third kappa shape index (κ3) is 3.75. The van der Waals surface area contributed by atoms with Crippen molar-refractivity contribution >= 4 is 15.9 Å². The van der Waals surface area contributed by atoms with E-state index >= 15 is 0 Å². The van der Waals surface area contributed by atoms with Crippen LogP contribution >= 0.6 is 15.9 Å². The van der Waals surface area contributed by atoms with Crippen LogP contribution in [-0.4, -0.2) is 17.1 Å². The van der Waals surface area contributed by atoms with Crippen molar-refractivity contribution in [3.05, 3.63) is 34.3 Å². The highest BCUT2D eigenvalue weighted by Gasteiger charge is 2.37. The van der Waals surface area contributed by atoms with Gasteiger partial charge in [0.2, 0.25) is 5.92 Å². The first kappa shape index (κ1) is 13.9. The Balaban J connectivity index is 1.91. The molecule has 0 spiro atoms. The number of halogens is 3. The van der Waals surface area contributed by atoms with Crippen molar-refractivity contribution in [2.75, 3.05) is 0 Å². The lowest BCUT2D eigenvalue weighted by Gasteiger charge is -2.31. The highest BCUT2D eigenvalue weighted by atomic mass is 79.9. The predicted molar refractivity (Wildman–Crippen MR) is 70.8 cm³/mol. The summed E-state index contributed by atoms with van der Waals surface area (Å²) in [4.78, 5) is 0. The van der Waals surface area contributed by atoms with Crippen molar-refractivity contribution in [1.29, 1.82) is 0 Å². The Morgan fingerprint density at radius 2 is 2.00 bits per heavy atom. The summed E-state index contributed by atoms with van der Waals surface area (Å²) >= 11 is 3.38. The number of aliphatic hydroxyl groups is 1. The van der Waals surface area contributed by atoms with Gasteiger partial charge in [0.25, 0.3) is 0 Å². The van der Waals surface area contributed by atoms with E-state index in [0.29, 0.717) is 19.3 Å². The van der Waals surface area contributed by atoms with Gasteiger partial charge in [-0.15, -0.1) is 0 Å². The number of aliphatic hydroxyl groups excluding tert-OH is 1. The van der Waals surface area contributed by atoms with Crippen molar-refractivity contribution in [1.82, 2.24) is 0 Å². The fraction of sp³-hybridized carbons (Fsp3) is 0.571. The van der Waals surface area contributed by atoms with Gasteiger partial charge in [0.15, 0.2) is 0 Å². The molecule has 0 bridgehead atoms. The second-order valence-corrected chi connectivity index (χ2v) is 6.01. The summed E-state index contributed by atoms with van der Waals surface area (Å²) in [5.41, 5.74) is 1.04. The first-order valence-electron chi connectivity index (χ1n) is 6.27. The smallest absolute Gasteiger partial charge is 0.248 e. The summed E-state index contributed by atoms with van der Waals surface area (Å²) in [5, 5.41) is 10.1. The molecule has 1 nitrogen and oxygen atoms in total. The van der Waals surface area contributed by atoms with Crippen LogP contribution in [0.1, 0.15) is 31.2 Å². The quantitative estimate of drug-likeness (QED) is 0.886. The van der Waals surface area contributed by atoms with E-state index in [-0.39, 0.29) is 18.8 Å². The molecule has 1 fully saturated rings. The zero-order valence-electron chi connectivity index (χ0n) is 10.1. The van der Waals surface area contributed by atoms with Crippen LogP contribution in [-0.2, 0) is 6.42 Å². The highest BCUT2D eigenvalue weighted by molar-refractivity contribution is 9.10. The van der Waals surface area contributed by atoms with Gasteiger partial charge in [-0.3, -0.25) is 0 Å². The average Bonchev–Trinajstić information content (AvgIpc) is 2.28. The number of rotatable bonds is 3. The molecule has 0 heterocycles. The van der Waals surface area contributed by atoms with Crippen molar-refractivity contribution in [3.8, 4) is 0 Å². The summed E-state index contributed by atoms with van der Waals surface area (Å²) in [7, 11) is 0. The molecule has 1 unspecified atom stereocenters. The molecule has 4 heteroatoms. The van der Waals surface area contributed by atoms with Gasteiger partial charge >= 0.3 is 0 Å². The van der Waals surface area contributed by atoms with Crippen LogP contribution in [0.15, 0.2) is 28.7 Å². The van der Waals surface area contributed by atoms with Crippen LogP contribution in [0.3, 0.4) is 0 Å². The molecule has 1 aliphatic rings. The number of hydrogen-bond acceptors (Lipinski definition) is 1. The molecule has 1 aromatic carbocycles. The fourth-order valence-corrected chi connectivity index (χ4v) is 2.97. The Bertz CT molecular complexity index is 399. The standard InChI is InChI=1S/C14H17BrF2O/c15-12-3-1-2-10(8-12)9-13(18)11-4-6-14(16,17)7-5-11/h1-3,8,11,13,18H,4-7,9H2. The van der Waals surface area contributed by atoms with Crippen LogP contribution < -0.4 is 0 Å². The molecule has 0 aromatic heterocycles. The van der Waals surface area contributed by atoms with Gasteiger partial charge in [-0.05, 0) is 42.9 Å². The van der Waals surface area contributed by atoms with Crippen molar-refractivity contribution in [3.63, 3.8) is 0 Å². The summed E-state index contributed by atoms with van der Waals surface area (Å²) < 4.78 is 27.0. The molecule has 1 saturated carbocycles. The van der Waals surface area contributed by atoms with Gasteiger partial charge in [-0.2, -0.15) is 0 Å². The Morgan fingerprint density at radius 1 is 1.33 bits per heavy atom. The molecule has 0 aliphatic heterocycles. The zero-order chi connectivity index (χ0) is 13.2. The lowest BCUT2D eigenvalue weighted by molar-refractivity contribution is -0.0619. The first-order valence-corrected chi connectivity index (χ1v) is 7.06. The topological polar surface area (TPSA) is 20.2 Å². The summed E-state index contributed by atoms with van der Waals surface area (Å²) in [5.74, 6) is -2.52. The third-order valence-corrected chi connectivity index (χ3v) is 4.13. The van der Waals surface area contributed by atoms with Crippen molar-refractivity contribution in [2.24, 2.45) is 5.92 Å². The maximum Gasteiger partial charge on any atom is 0.248 e. The monoisotopic (exact) mass is 318 g/mol. The average molecular weight is 319 g/mol. The molecule has 18 heavy (non-hydrogen) atoms. The predicted octanol–water partition coefficient (Wildman–Crippen LogP) is 4.18. The lowest BCUT2D eigenvalue weighted by atomic mass is 9.81. The van der Waals surface area contributed by atoms with Crippen LogP contribution in [0.5, 0.6) is 0 Å². The maximum atomic E-state index is 13.0. The summed E-state index contributed by atoms with van der Waals surface area (Å²) in [6, 6.07) is 7.75. The molecule has 0 saturated heterocycles. The Labute approximate surface area is 114 Å². The number of alkyl halides is 2. The van der Waals surface area contributed by atoms with Gasteiger partial charge in [0.1, 0.15) is 0 Å². The SMILES string of the molecule is OC(Cc1cccc(Br)c1)C1CCC(F)(F)CC1. The largest absolute Gasteiger partial charge is 0.392 e. The molecule has 1 N–H and O–H groups in total. The van der Waals surface area contributed by atoms with E-state index in [2.05, 4.69) is 15.9 Å². The molecule has 2 rings (SSSR count). The minimum atomic E-state index is -2.52. The lowest BCUT2D eigenvalue weighted by Crippen LogP contribution is -2.32. The molecule has 1 aliphatic carbocycles. The van der Waals surface area contributed by atoms with Gasteiger partial charge in [0.05, 0.1) is 6.10 Å². The number of hydrogen-bond donors (Lipinski definition) is 1. The highest BCUT2D eigenvalue weighted by Crippen LogP contribution is 2.38. The Hall–Kier alpha value is -0.480. The van der Waals surface area contributed by atoms with Gasteiger partial charge < -0.3 is 5.11 Å². The van der Waals surface area contributed by atoms with Gasteiger partial charge in [-0.25, -0.2) is 8.78 Å². The molecule has 0 radical (unpaired) electrons. The van der Waals surface area contributed by atoms with E-state index in [9.17, 15) is 13.9 Å². The van der Waals surface area contributed by atoms with E-state index in [4.69, 9.17) is 0 Å². The van der Waals surface area contributed by atoms with E-state index in [1.807, 2.05) is 24.3 Å². The second-order valence-electron chi connectivity index (χ2n) is 5.09. The summed E-state index contributed by atoms with van der Waals surface area (Å²) in [6.07, 6.45) is 0.677. The van der Waals surface area contributed by atoms with Crippen LogP contribution in [0.2, 0.25) is 0 Å². The molecular weight excluding hydrogens is 302 g/mol. The van der Waals surface area contributed by atoms with E-state index in [0.717, 1.165) is 10.0 Å².